The summed E-state index contributed by atoms with van der Waals surface area (Å²) in [6.45, 7) is 2.96. The van der Waals surface area contributed by atoms with E-state index in [1.807, 2.05) is 4.57 Å². The van der Waals surface area contributed by atoms with Crippen molar-refractivity contribution in [3.63, 3.8) is 0 Å². The molecule has 0 unspecified atom stereocenters. The van der Waals surface area contributed by atoms with Crippen molar-refractivity contribution in [2.45, 2.75) is 76.4 Å². The number of rotatable bonds is 9. The molecule has 0 aliphatic heterocycles. The van der Waals surface area contributed by atoms with Crippen molar-refractivity contribution in [1.82, 2.24) is 9.55 Å². The van der Waals surface area contributed by atoms with Crippen LogP contribution in [0, 0.1) is 11.3 Å². The second-order valence-corrected chi connectivity index (χ2v) is 8.71. The number of hydrogen-bond acceptors (Lipinski definition) is 5. The number of nitriles is 1. The van der Waals surface area contributed by atoms with Crippen molar-refractivity contribution in [2.24, 2.45) is 0 Å². The summed E-state index contributed by atoms with van der Waals surface area (Å²) >= 11 is 3.34. The number of thiophene rings is 1. The average Bonchev–Trinajstić information content (AvgIpc) is 3.18. The van der Waals surface area contributed by atoms with Gasteiger partial charge in [-0.05, 0) is 37.7 Å². The van der Waals surface area contributed by atoms with Gasteiger partial charge in [0.2, 0.25) is 0 Å². The van der Waals surface area contributed by atoms with Crippen LogP contribution in [0.5, 0.6) is 0 Å². The smallest absolute Gasteiger partial charge is 0.263 e. The minimum atomic E-state index is 0.156. The van der Waals surface area contributed by atoms with Gasteiger partial charge in [-0.3, -0.25) is 9.36 Å². The first-order valence-corrected chi connectivity index (χ1v) is 11.1. The molecule has 0 fully saturated rings. The van der Waals surface area contributed by atoms with Crippen molar-refractivity contribution < 1.29 is 0 Å². The fraction of sp³-hybridized carbons (Fsp3) is 0.632. The number of unbranched alkanes of at least 4 members (excludes halogenated alkanes) is 4. The fourth-order valence-electron chi connectivity index (χ4n) is 3.38. The number of aryl methyl sites for hydroxylation is 2. The van der Waals surface area contributed by atoms with Crippen LogP contribution in [0.4, 0.5) is 0 Å². The molecule has 3 rings (SSSR count). The number of hydrogen-bond donors (Lipinski definition) is 0. The summed E-state index contributed by atoms with van der Waals surface area (Å²) < 4.78 is 1.90. The molecule has 2 aromatic rings. The Morgan fingerprint density at radius 1 is 1.28 bits per heavy atom. The Labute approximate surface area is 157 Å². The van der Waals surface area contributed by atoms with E-state index in [-0.39, 0.29) is 5.56 Å². The molecule has 4 nitrogen and oxygen atoms in total. The van der Waals surface area contributed by atoms with Crippen molar-refractivity contribution in [3.05, 3.63) is 20.8 Å². The van der Waals surface area contributed by atoms with Crippen LogP contribution < -0.4 is 5.56 Å². The molecule has 134 valence electrons. The molecule has 0 radical (unpaired) electrons. The number of thioether (sulfide) groups is 1. The normalized spacial score (nSPS) is 13.3. The van der Waals surface area contributed by atoms with Crippen LogP contribution in [0.3, 0.4) is 0 Å². The lowest BCUT2D eigenvalue weighted by Crippen LogP contribution is -2.23. The average molecular weight is 376 g/mol. The fourth-order valence-corrected chi connectivity index (χ4v) is 5.64. The van der Waals surface area contributed by atoms with Crippen LogP contribution in [0.2, 0.25) is 0 Å². The van der Waals surface area contributed by atoms with Crippen LogP contribution in [0.1, 0.15) is 62.3 Å². The van der Waals surface area contributed by atoms with Crippen LogP contribution in [-0.4, -0.2) is 15.3 Å². The van der Waals surface area contributed by atoms with Gasteiger partial charge in [0, 0.05) is 23.6 Å². The van der Waals surface area contributed by atoms with E-state index >= 15 is 0 Å². The summed E-state index contributed by atoms with van der Waals surface area (Å²) in [5, 5.41) is 10.4. The highest BCUT2D eigenvalue weighted by Crippen LogP contribution is 2.35. The highest BCUT2D eigenvalue weighted by molar-refractivity contribution is 7.99. The maximum atomic E-state index is 13.2. The molecule has 6 heteroatoms. The van der Waals surface area contributed by atoms with Crippen LogP contribution in [0.15, 0.2) is 9.95 Å². The molecule has 1 aliphatic rings. The van der Waals surface area contributed by atoms with Gasteiger partial charge in [0.1, 0.15) is 4.83 Å². The summed E-state index contributed by atoms with van der Waals surface area (Å²) in [6.07, 6.45) is 9.27. The van der Waals surface area contributed by atoms with Gasteiger partial charge in [-0.1, -0.05) is 37.9 Å². The molecule has 1 aliphatic carbocycles. The molecule has 2 aromatic heterocycles. The first kappa shape index (κ1) is 18.5. The third kappa shape index (κ3) is 4.09. The monoisotopic (exact) mass is 375 g/mol. The zero-order chi connectivity index (χ0) is 17.6. The Morgan fingerprint density at radius 2 is 2.16 bits per heavy atom. The largest absolute Gasteiger partial charge is 0.287 e. The van der Waals surface area contributed by atoms with Crippen LogP contribution >= 0.6 is 23.1 Å². The van der Waals surface area contributed by atoms with Gasteiger partial charge in [0.05, 0.1) is 11.5 Å². The Kier molecular flexibility index (Phi) is 6.55. The molecule has 0 atom stereocenters. The van der Waals surface area contributed by atoms with Gasteiger partial charge in [-0.25, -0.2) is 4.98 Å². The van der Waals surface area contributed by atoms with Gasteiger partial charge in [-0.2, -0.15) is 5.26 Å². The highest BCUT2D eigenvalue weighted by atomic mass is 32.2. The highest BCUT2D eigenvalue weighted by Gasteiger charge is 2.23. The number of nitrogens with zero attached hydrogens (tertiary/aromatic N) is 3. The molecule has 0 saturated carbocycles. The van der Waals surface area contributed by atoms with Gasteiger partial charge in [-0.15, -0.1) is 11.3 Å². The summed E-state index contributed by atoms with van der Waals surface area (Å²) in [4.78, 5) is 20.3. The maximum Gasteiger partial charge on any atom is 0.263 e. The zero-order valence-corrected chi connectivity index (χ0v) is 16.5. The van der Waals surface area contributed by atoms with E-state index in [2.05, 4.69) is 13.0 Å². The summed E-state index contributed by atoms with van der Waals surface area (Å²) in [6, 6.07) is 2.18. The maximum absolute atomic E-state index is 13.2. The summed E-state index contributed by atoms with van der Waals surface area (Å²) in [5.74, 6) is 0.839. The summed E-state index contributed by atoms with van der Waals surface area (Å²) in [7, 11) is 0. The molecule has 0 N–H and O–H groups in total. The van der Waals surface area contributed by atoms with E-state index in [1.54, 1.807) is 23.1 Å². The van der Waals surface area contributed by atoms with E-state index in [9.17, 15) is 4.79 Å². The molecular weight excluding hydrogens is 350 g/mol. The van der Waals surface area contributed by atoms with Gasteiger partial charge < -0.3 is 0 Å². The van der Waals surface area contributed by atoms with Gasteiger partial charge in [0.15, 0.2) is 5.16 Å². The zero-order valence-electron chi connectivity index (χ0n) is 14.8. The minimum absolute atomic E-state index is 0.156. The second kappa shape index (κ2) is 8.86. The Bertz CT molecular complexity index is 832. The molecule has 0 spiro atoms. The predicted molar refractivity (Wildman–Crippen MR) is 106 cm³/mol. The van der Waals surface area contributed by atoms with Gasteiger partial charge in [0.25, 0.3) is 5.56 Å². The van der Waals surface area contributed by atoms with Crippen molar-refractivity contribution >= 4 is 33.3 Å². The van der Waals surface area contributed by atoms with Crippen LogP contribution in [-0.2, 0) is 19.4 Å². The van der Waals surface area contributed by atoms with E-state index < -0.39 is 0 Å². The van der Waals surface area contributed by atoms with E-state index in [1.165, 1.54) is 23.3 Å². The lowest BCUT2D eigenvalue weighted by Gasteiger charge is -2.12. The third-order valence-electron chi connectivity index (χ3n) is 4.69. The standard InChI is InChI=1S/C19H25N3OS2/c1-2-3-4-6-12-22-18(23)16-14-9-8-10-15(14)25-17(16)21-19(22)24-13-7-5-11-20/h2-10,12-13H2,1H3. The van der Waals surface area contributed by atoms with Crippen molar-refractivity contribution in [2.75, 3.05) is 5.75 Å². The minimum Gasteiger partial charge on any atom is -0.287 e. The number of fused-ring (bicyclic) bond motifs is 3. The second-order valence-electron chi connectivity index (χ2n) is 6.56. The third-order valence-corrected chi connectivity index (χ3v) is 6.94. The molecule has 0 saturated heterocycles. The lowest BCUT2D eigenvalue weighted by atomic mass is 10.2. The summed E-state index contributed by atoms with van der Waals surface area (Å²) in [5.41, 5.74) is 1.42. The van der Waals surface area contributed by atoms with Crippen molar-refractivity contribution in [3.8, 4) is 6.07 Å². The lowest BCUT2D eigenvalue weighted by molar-refractivity contribution is 0.531. The molecule has 2 heterocycles. The topological polar surface area (TPSA) is 58.7 Å². The predicted octanol–water partition coefficient (Wildman–Crippen LogP) is 4.92. The first-order chi connectivity index (χ1) is 12.3. The SMILES string of the molecule is CCCCCCn1c(SCCCC#N)nc2sc3c(c2c1=O)CCC3. The number of aromatic nitrogens is 2. The Hall–Kier alpha value is -1.32. The quantitative estimate of drug-likeness (QED) is 0.354. The first-order valence-electron chi connectivity index (χ1n) is 9.31. The van der Waals surface area contributed by atoms with E-state index in [0.717, 1.165) is 66.2 Å². The van der Waals surface area contributed by atoms with Crippen molar-refractivity contribution in [1.29, 1.82) is 5.26 Å². The molecule has 0 aromatic carbocycles. The molecule has 0 bridgehead atoms. The van der Waals surface area contributed by atoms with E-state index in [0.29, 0.717) is 6.42 Å². The van der Waals surface area contributed by atoms with E-state index in [4.69, 9.17) is 10.2 Å². The van der Waals surface area contributed by atoms with Crippen LogP contribution in [0.25, 0.3) is 10.2 Å². The molecule has 0 amide bonds. The Morgan fingerprint density at radius 3 is 2.96 bits per heavy atom. The molecular formula is C19H25N3OS2. The molecule has 25 heavy (non-hydrogen) atoms. The Balaban J connectivity index is 1.91. The van der Waals surface area contributed by atoms with Gasteiger partial charge >= 0.3 is 0 Å².